The average molecular weight is 626 g/mol. The number of likely N-dealkylation sites (N-methyl/N-ethyl adjacent to an activating group) is 1. The average Bonchev–Trinajstić information content (AvgIpc) is 3.07. The first-order valence-corrected chi connectivity index (χ1v) is 16.6. The summed E-state index contributed by atoms with van der Waals surface area (Å²) >= 11 is 0. The van der Waals surface area contributed by atoms with Crippen LogP contribution in [0.1, 0.15) is 107 Å². The van der Waals surface area contributed by atoms with E-state index in [1.54, 1.807) is 19.1 Å². The first-order valence-electron chi connectivity index (χ1n) is 16.6. The fourth-order valence-corrected chi connectivity index (χ4v) is 6.23. The Labute approximate surface area is 275 Å². The SMILES string of the molecule is CCCCN(C)C(=O)[C@@H](NC(=O)C1(C)CCC(C)(NC(=O)c2cccc(OC)c2-c2ccc(C(C)C)cc2)CC1)c1ccccc1. The number of carbonyl (C=O) groups is 3. The summed E-state index contributed by atoms with van der Waals surface area (Å²) in [6, 6.07) is 22.6. The molecule has 1 aliphatic rings. The fourth-order valence-electron chi connectivity index (χ4n) is 6.23. The van der Waals surface area contributed by atoms with Crippen molar-refractivity contribution in [2.45, 2.75) is 90.6 Å². The van der Waals surface area contributed by atoms with Crippen LogP contribution in [0.15, 0.2) is 72.8 Å². The van der Waals surface area contributed by atoms with Crippen molar-refractivity contribution >= 4 is 17.7 Å². The van der Waals surface area contributed by atoms with Gasteiger partial charge in [0.05, 0.1) is 12.7 Å². The Morgan fingerprint density at radius 1 is 0.870 bits per heavy atom. The first kappa shape index (κ1) is 34.7. The number of methoxy groups -OCH3 is 1. The van der Waals surface area contributed by atoms with Gasteiger partial charge in [-0.25, -0.2) is 0 Å². The second-order valence-electron chi connectivity index (χ2n) is 13.7. The van der Waals surface area contributed by atoms with E-state index >= 15 is 0 Å². The van der Waals surface area contributed by atoms with E-state index in [9.17, 15) is 14.4 Å². The molecule has 0 aliphatic heterocycles. The molecule has 1 fully saturated rings. The highest BCUT2D eigenvalue weighted by Gasteiger charge is 2.44. The molecule has 0 radical (unpaired) electrons. The van der Waals surface area contributed by atoms with Crippen molar-refractivity contribution in [3.8, 4) is 16.9 Å². The van der Waals surface area contributed by atoms with Gasteiger partial charge in [0.2, 0.25) is 11.8 Å². The van der Waals surface area contributed by atoms with Gasteiger partial charge in [-0.2, -0.15) is 0 Å². The molecule has 1 atom stereocenters. The van der Waals surface area contributed by atoms with Gasteiger partial charge in [-0.15, -0.1) is 0 Å². The van der Waals surface area contributed by atoms with Gasteiger partial charge >= 0.3 is 0 Å². The van der Waals surface area contributed by atoms with Gasteiger partial charge < -0.3 is 20.3 Å². The minimum atomic E-state index is -0.749. The number of hydrogen-bond donors (Lipinski definition) is 2. The molecule has 0 aromatic heterocycles. The third-order valence-corrected chi connectivity index (χ3v) is 9.66. The maximum absolute atomic E-state index is 13.9. The Morgan fingerprint density at radius 3 is 2.11 bits per heavy atom. The van der Waals surface area contributed by atoms with E-state index in [4.69, 9.17) is 4.74 Å². The van der Waals surface area contributed by atoms with Crippen molar-refractivity contribution in [3.05, 3.63) is 89.5 Å². The number of rotatable bonds is 12. The summed E-state index contributed by atoms with van der Waals surface area (Å²) in [5.41, 5.74) is 3.09. The van der Waals surface area contributed by atoms with Crippen LogP contribution in [-0.4, -0.2) is 48.9 Å². The third-order valence-electron chi connectivity index (χ3n) is 9.66. The highest BCUT2D eigenvalue weighted by atomic mass is 16.5. The van der Waals surface area contributed by atoms with Crippen LogP contribution in [0.4, 0.5) is 0 Å². The molecule has 0 unspecified atom stereocenters. The van der Waals surface area contributed by atoms with Gasteiger partial charge in [-0.3, -0.25) is 14.4 Å². The molecule has 46 heavy (non-hydrogen) atoms. The van der Waals surface area contributed by atoms with Crippen LogP contribution < -0.4 is 15.4 Å². The van der Waals surface area contributed by atoms with Crippen molar-refractivity contribution in [1.82, 2.24) is 15.5 Å². The quantitative estimate of drug-likeness (QED) is 0.216. The number of unbranched alkanes of at least 4 members (excludes halogenated alkanes) is 1. The topological polar surface area (TPSA) is 87.7 Å². The van der Waals surface area contributed by atoms with Crippen LogP contribution in [0.25, 0.3) is 11.1 Å². The van der Waals surface area contributed by atoms with E-state index in [0.29, 0.717) is 49.5 Å². The molecule has 0 bridgehead atoms. The highest BCUT2D eigenvalue weighted by Crippen LogP contribution is 2.42. The summed E-state index contributed by atoms with van der Waals surface area (Å²) in [5, 5.41) is 6.42. The zero-order chi connectivity index (χ0) is 33.5. The van der Waals surface area contributed by atoms with Crippen LogP contribution in [0.5, 0.6) is 5.75 Å². The summed E-state index contributed by atoms with van der Waals surface area (Å²) in [6.07, 6.45) is 4.31. The zero-order valence-corrected chi connectivity index (χ0v) is 28.6. The van der Waals surface area contributed by atoms with Gasteiger partial charge in [0.1, 0.15) is 11.8 Å². The smallest absolute Gasteiger partial charge is 0.252 e. The first-order chi connectivity index (χ1) is 21.9. The molecule has 0 spiro atoms. The molecular formula is C39H51N3O4. The van der Waals surface area contributed by atoms with Crippen molar-refractivity contribution in [2.24, 2.45) is 5.41 Å². The number of nitrogens with one attached hydrogen (secondary N) is 2. The minimum absolute atomic E-state index is 0.113. The monoisotopic (exact) mass is 625 g/mol. The Morgan fingerprint density at radius 2 is 1.52 bits per heavy atom. The summed E-state index contributed by atoms with van der Waals surface area (Å²) < 4.78 is 5.70. The van der Waals surface area contributed by atoms with Crippen molar-refractivity contribution in [2.75, 3.05) is 20.7 Å². The van der Waals surface area contributed by atoms with Gasteiger partial charge in [0.25, 0.3) is 5.91 Å². The molecule has 0 saturated heterocycles. The zero-order valence-electron chi connectivity index (χ0n) is 28.6. The normalized spacial score (nSPS) is 20.1. The van der Waals surface area contributed by atoms with Gasteiger partial charge in [-0.05, 0) is 73.8 Å². The van der Waals surface area contributed by atoms with Gasteiger partial charge in [0, 0.05) is 30.1 Å². The molecular weight excluding hydrogens is 574 g/mol. The number of ether oxygens (including phenoxy) is 1. The molecule has 7 heteroatoms. The second kappa shape index (κ2) is 15.0. The van der Waals surface area contributed by atoms with Gasteiger partial charge in [-0.1, -0.05) is 94.8 Å². The van der Waals surface area contributed by atoms with Crippen molar-refractivity contribution in [3.63, 3.8) is 0 Å². The number of amides is 3. The van der Waals surface area contributed by atoms with Crippen LogP contribution in [0.3, 0.4) is 0 Å². The molecule has 4 rings (SSSR count). The lowest BCUT2D eigenvalue weighted by molar-refractivity contribution is -0.140. The maximum atomic E-state index is 13.9. The van der Waals surface area contributed by atoms with Crippen molar-refractivity contribution in [1.29, 1.82) is 0 Å². The molecule has 3 amide bonds. The summed E-state index contributed by atoms with van der Waals surface area (Å²) in [4.78, 5) is 43.0. The van der Waals surface area contributed by atoms with E-state index in [1.807, 2.05) is 67.6 Å². The van der Waals surface area contributed by atoms with Crippen LogP contribution >= 0.6 is 0 Å². The minimum Gasteiger partial charge on any atom is -0.496 e. The Kier molecular flexibility index (Phi) is 11.3. The lowest BCUT2D eigenvalue weighted by Gasteiger charge is -2.43. The molecule has 1 saturated carbocycles. The summed E-state index contributed by atoms with van der Waals surface area (Å²) in [7, 11) is 3.42. The Bertz CT molecular complexity index is 1490. The highest BCUT2D eigenvalue weighted by molar-refractivity contribution is 6.03. The van der Waals surface area contributed by atoms with E-state index in [1.165, 1.54) is 5.56 Å². The standard InChI is InChI=1S/C39H51N3O4/c1-8-9-26-42(6)36(44)34(30-14-11-10-12-15-30)40-37(45)38(4)22-24-39(5,25-23-38)41-35(43)31-16-13-17-32(46-7)33(31)29-20-18-28(19-21-29)27(2)3/h10-21,27,34H,8-9,22-26H2,1-7H3,(H,40,45)(H,41,43)/t34-,38?,39?/m0/s1. The lowest BCUT2D eigenvalue weighted by atomic mass is 9.68. The Balaban J connectivity index is 1.48. The molecule has 3 aromatic rings. The van der Waals surface area contributed by atoms with Crippen LogP contribution in [0.2, 0.25) is 0 Å². The molecule has 2 N–H and O–H groups in total. The number of nitrogens with zero attached hydrogens (tertiary/aromatic N) is 1. The molecule has 246 valence electrons. The largest absolute Gasteiger partial charge is 0.496 e. The number of benzene rings is 3. The molecule has 1 aliphatic carbocycles. The fraction of sp³-hybridized carbons (Fsp3) is 0.462. The van der Waals surface area contributed by atoms with Crippen LogP contribution in [0, 0.1) is 5.41 Å². The summed E-state index contributed by atoms with van der Waals surface area (Å²) in [6.45, 7) is 11.1. The van der Waals surface area contributed by atoms with E-state index in [-0.39, 0.29) is 17.7 Å². The molecule has 0 heterocycles. The number of hydrogen-bond acceptors (Lipinski definition) is 4. The number of carbonyl (C=O) groups excluding carboxylic acids is 3. The summed E-state index contributed by atoms with van der Waals surface area (Å²) in [5.74, 6) is 0.641. The van der Waals surface area contributed by atoms with Gasteiger partial charge in [0.15, 0.2) is 0 Å². The predicted octanol–water partition coefficient (Wildman–Crippen LogP) is 7.67. The van der Waals surface area contributed by atoms with E-state index in [0.717, 1.165) is 29.5 Å². The molecule has 3 aromatic carbocycles. The molecule has 7 nitrogen and oxygen atoms in total. The lowest BCUT2D eigenvalue weighted by Crippen LogP contribution is -2.53. The van der Waals surface area contributed by atoms with Crippen LogP contribution in [-0.2, 0) is 9.59 Å². The Hall–Kier alpha value is -4.13. The maximum Gasteiger partial charge on any atom is 0.252 e. The third kappa shape index (κ3) is 7.98. The van der Waals surface area contributed by atoms with E-state index < -0.39 is 17.0 Å². The van der Waals surface area contributed by atoms with Crippen molar-refractivity contribution < 1.29 is 19.1 Å². The predicted molar refractivity (Wildman–Crippen MR) is 185 cm³/mol. The van der Waals surface area contributed by atoms with E-state index in [2.05, 4.69) is 50.5 Å². The second-order valence-corrected chi connectivity index (χ2v) is 13.7.